The van der Waals surface area contributed by atoms with Crippen LogP contribution in [-0.2, 0) is 21.7 Å². The molecule has 2 heteroatoms. The van der Waals surface area contributed by atoms with Gasteiger partial charge >= 0.3 is 0 Å². The Morgan fingerprint density at radius 2 is 0.818 bits per heavy atom. The zero-order chi connectivity index (χ0) is 39.8. The first kappa shape index (κ1) is 38.3. The minimum Gasteiger partial charge on any atom is -0.354 e. The predicted octanol–water partition coefficient (Wildman–Crippen LogP) is 15.2. The molecule has 0 atom stereocenters. The maximum Gasteiger partial charge on any atom is 0.0760 e. The number of hydrogen-bond acceptors (Lipinski definition) is 1. The first-order chi connectivity index (χ1) is 25.6. The fourth-order valence-electron chi connectivity index (χ4n) is 7.82. The lowest BCUT2D eigenvalue weighted by molar-refractivity contribution is 0.590. The molecule has 55 heavy (non-hydrogen) atoms. The van der Waals surface area contributed by atoms with E-state index in [9.17, 15) is 0 Å². The van der Waals surface area contributed by atoms with E-state index in [0.717, 1.165) is 33.5 Å². The number of rotatable bonds is 4. The van der Waals surface area contributed by atoms with E-state index >= 15 is 0 Å². The van der Waals surface area contributed by atoms with Gasteiger partial charge in [0, 0.05) is 27.4 Å². The van der Waals surface area contributed by atoms with Crippen LogP contribution in [-0.4, -0.2) is 9.97 Å². The standard InChI is InChI=1S/C53H60N2/c1-32-25-33(2)48(45-31-42(53(12,13)14)30-44-43-29-41(52(9,10)11)23-24-46(43)54-49(44)45)55-47(32)38-27-36(34-15-19-39(20-16-34)50(3,4)5)26-37(28-38)35-17-21-40(22-18-35)51(6,7)8/h15-31,54H,1-14H3. The van der Waals surface area contributed by atoms with Crippen LogP contribution in [0.4, 0.5) is 0 Å². The van der Waals surface area contributed by atoms with Crippen molar-refractivity contribution in [2.75, 3.05) is 0 Å². The van der Waals surface area contributed by atoms with Crippen LogP contribution in [0, 0.1) is 13.8 Å². The molecule has 0 aliphatic rings. The van der Waals surface area contributed by atoms with Crippen LogP contribution in [0.1, 0.15) is 116 Å². The highest BCUT2D eigenvalue weighted by Crippen LogP contribution is 2.42. The zero-order valence-electron chi connectivity index (χ0n) is 35.8. The van der Waals surface area contributed by atoms with Crippen molar-refractivity contribution in [3.8, 4) is 44.8 Å². The van der Waals surface area contributed by atoms with E-state index < -0.39 is 0 Å². The van der Waals surface area contributed by atoms with Crippen molar-refractivity contribution in [1.82, 2.24) is 9.97 Å². The van der Waals surface area contributed by atoms with Crippen molar-refractivity contribution in [3.63, 3.8) is 0 Å². The monoisotopic (exact) mass is 724 g/mol. The third kappa shape index (κ3) is 7.53. The van der Waals surface area contributed by atoms with E-state index in [1.807, 2.05) is 0 Å². The number of hydrogen-bond donors (Lipinski definition) is 1. The summed E-state index contributed by atoms with van der Waals surface area (Å²) in [5.41, 5.74) is 19.3. The van der Waals surface area contributed by atoms with Gasteiger partial charge < -0.3 is 4.98 Å². The van der Waals surface area contributed by atoms with Gasteiger partial charge in [0.25, 0.3) is 0 Å². The highest BCUT2D eigenvalue weighted by Gasteiger charge is 2.23. The van der Waals surface area contributed by atoms with Crippen molar-refractivity contribution in [3.05, 3.63) is 137 Å². The number of H-pyrrole nitrogens is 1. The van der Waals surface area contributed by atoms with Gasteiger partial charge in [0.2, 0.25) is 0 Å². The molecule has 2 aromatic heterocycles. The van der Waals surface area contributed by atoms with E-state index in [1.165, 1.54) is 66.4 Å². The molecule has 0 aliphatic heterocycles. The molecule has 0 saturated heterocycles. The average molecular weight is 725 g/mol. The molecule has 5 aromatic carbocycles. The summed E-state index contributed by atoms with van der Waals surface area (Å²) in [5.74, 6) is 0. The van der Waals surface area contributed by atoms with Crippen molar-refractivity contribution >= 4 is 21.8 Å². The summed E-state index contributed by atoms with van der Waals surface area (Å²) in [7, 11) is 0. The van der Waals surface area contributed by atoms with Gasteiger partial charge in [-0.25, -0.2) is 4.98 Å². The van der Waals surface area contributed by atoms with Crippen molar-refractivity contribution in [2.45, 2.75) is 119 Å². The predicted molar refractivity (Wildman–Crippen MR) is 240 cm³/mol. The van der Waals surface area contributed by atoms with Gasteiger partial charge in [0.15, 0.2) is 0 Å². The molecule has 0 bridgehead atoms. The van der Waals surface area contributed by atoms with Crippen molar-refractivity contribution in [2.24, 2.45) is 0 Å². The first-order valence-electron chi connectivity index (χ1n) is 20.0. The van der Waals surface area contributed by atoms with Gasteiger partial charge in [-0.2, -0.15) is 0 Å². The molecule has 0 fully saturated rings. The maximum absolute atomic E-state index is 5.65. The molecule has 0 radical (unpaired) electrons. The molecule has 7 aromatic rings. The summed E-state index contributed by atoms with van der Waals surface area (Å²) in [6.07, 6.45) is 0. The smallest absolute Gasteiger partial charge is 0.0760 e. The Hall–Kier alpha value is -4.95. The lowest BCUT2D eigenvalue weighted by Crippen LogP contribution is -2.11. The molecule has 1 N–H and O–H groups in total. The van der Waals surface area contributed by atoms with Crippen LogP contribution in [0.3, 0.4) is 0 Å². The fourth-order valence-corrected chi connectivity index (χ4v) is 7.82. The lowest BCUT2D eigenvalue weighted by atomic mass is 9.83. The third-order valence-electron chi connectivity index (χ3n) is 11.5. The summed E-state index contributed by atoms with van der Waals surface area (Å²) in [4.78, 5) is 9.51. The largest absolute Gasteiger partial charge is 0.354 e. The Balaban J connectivity index is 1.46. The second-order valence-electron chi connectivity index (χ2n) is 20.1. The van der Waals surface area contributed by atoms with Gasteiger partial charge in [-0.05, 0) is 134 Å². The van der Waals surface area contributed by atoms with E-state index in [4.69, 9.17) is 4.98 Å². The number of nitrogens with zero attached hydrogens (tertiary/aromatic N) is 1. The normalized spacial score (nSPS) is 12.9. The van der Waals surface area contributed by atoms with E-state index in [0.29, 0.717) is 0 Å². The zero-order valence-corrected chi connectivity index (χ0v) is 35.8. The van der Waals surface area contributed by atoms with Crippen LogP contribution < -0.4 is 0 Å². The molecular weight excluding hydrogens is 665 g/mol. The summed E-state index contributed by atoms with van der Waals surface area (Å²) < 4.78 is 0. The maximum atomic E-state index is 5.65. The van der Waals surface area contributed by atoms with Crippen LogP contribution >= 0.6 is 0 Å². The minimum atomic E-state index is -0.0378. The quantitative estimate of drug-likeness (QED) is 0.192. The molecule has 0 aliphatic carbocycles. The third-order valence-corrected chi connectivity index (χ3v) is 11.5. The molecule has 0 amide bonds. The molecule has 2 heterocycles. The molecule has 7 rings (SSSR count). The Kier molecular flexibility index (Phi) is 9.31. The van der Waals surface area contributed by atoms with Crippen LogP contribution in [0.5, 0.6) is 0 Å². The highest BCUT2D eigenvalue weighted by molar-refractivity contribution is 6.12. The highest BCUT2D eigenvalue weighted by atomic mass is 14.8. The average Bonchev–Trinajstić information content (AvgIpc) is 3.48. The minimum absolute atomic E-state index is 0.0378. The SMILES string of the molecule is Cc1cc(C)c(-c2cc(C(C)(C)C)cc3c2[nH]c2ccc(C(C)(C)C)cc23)nc1-c1cc(-c2ccc(C(C)(C)C)cc2)cc(-c2ccc(C(C)(C)C)cc2)c1. The fraction of sp³-hybridized carbons (Fsp3) is 0.340. The van der Waals surface area contributed by atoms with Gasteiger partial charge in [0.1, 0.15) is 0 Å². The number of aryl methyl sites for hydroxylation is 2. The second-order valence-corrected chi connectivity index (χ2v) is 20.1. The summed E-state index contributed by atoms with van der Waals surface area (Å²) >= 11 is 0. The Bertz CT molecular complexity index is 2470. The van der Waals surface area contributed by atoms with Crippen LogP contribution in [0.15, 0.2) is 103 Å². The Morgan fingerprint density at radius 1 is 0.382 bits per heavy atom. The number of nitrogens with one attached hydrogen (secondary N) is 1. The molecule has 0 unspecified atom stereocenters. The van der Waals surface area contributed by atoms with Gasteiger partial charge in [-0.15, -0.1) is 0 Å². The summed E-state index contributed by atoms with van der Waals surface area (Å²) in [6.45, 7) is 31.9. The topological polar surface area (TPSA) is 28.7 Å². The van der Waals surface area contributed by atoms with E-state index in [-0.39, 0.29) is 21.7 Å². The van der Waals surface area contributed by atoms with Crippen molar-refractivity contribution in [1.29, 1.82) is 0 Å². The molecular formula is C53H60N2. The van der Waals surface area contributed by atoms with Crippen LogP contribution in [0.2, 0.25) is 0 Å². The molecule has 2 nitrogen and oxygen atoms in total. The number of aromatic nitrogens is 2. The Morgan fingerprint density at radius 3 is 1.31 bits per heavy atom. The van der Waals surface area contributed by atoms with Crippen molar-refractivity contribution < 1.29 is 0 Å². The van der Waals surface area contributed by atoms with Gasteiger partial charge in [-0.1, -0.05) is 144 Å². The second kappa shape index (κ2) is 13.4. The number of pyridine rings is 1. The summed E-state index contributed by atoms with van der Waals surface area (Å²) in [6, 6.07) is 39.3. The van der Waals surface area contributed by atoms with E-state index in [2.05, 4.69) is 205 Å². The lowest BCUT2D eigenvalue weighted by Gasteiger charge is -2.22. The van der Waals surface area contributed by atoms with Gasteiger partial charge in [0.05, 0.1) is 16.9 Å². The Labute approximate surface area is 330 Å². The summed E-state index contributed by atoms with van der Waals surface area (Å²) in [5, 5.41) is 2.53. The first-order valence-corrected chi connectivity index (χ1v) is 20.0. The van der Waals surface area contributed by atoms with E-state index in [1.54, 1.807) is 0 Å². The van der Waals surface area contributed by atoms with Gasteiger partial charge in [-0.3, -0.25) is 0 Å². The molecule has 0 saturated carbocycles. The molecule has 282 valence electrons. The number of aromatic amines is 1. The van der Waals surface area contributed by atoms with Crippen LogP contribution in [0.25, 0.3) is 66.6 Å². The molecule has 0 spiro atoms. The number of benzene rings is 5. The number of fused-ring (bicyclic) bond motifs is 3.